The zero-order valence-electron chi connectivity index (χ0n) is 15.7. The Morgan fingerprint density at radius 1 is 0.828 bits per heavy atom. The highest BCUT2D eigenvalue weighted by Crippen LogP contribution is 2.25. The average Bonchev–Trinajstić information content (AvgIpc) is 2.74. The second-order valence-corrected chi connectivity index (χ2v) is 7.07. The molecule has 1 N–H and O–H groups in total. The monoisotopic (exact) mass is 379 g/mol. The molecule has 140 valence electrons. The van der Waals surface area contributed by atoms with E-state index in [9.17, 15) is 9.59 Å². The normalized spacial score (nSPS) is 11.2. The van der Waals surface area contributed by atoms with Crippen LogP contribution in [0.4, 0.5) is 5.69 Å². The molecule has 1 aromatic heterocycles. The highest BCUT2D eigenvalue weighted by atomic mass is 16.3. The van der Waals surface area contributed by atoms with Gasteiger partial charge in [-0.15, -0.1) is 0 Å². The lowest BCUT2D eigenvalue weighted by Crippen LogP contribution is -2.12. The quantitative estimate of drug-likeness (QED) is 0.403. The minimum absolute atomic E-state index is 0.0723. The van der Waals surface area contributed by atoms with Crippen molar-refractivity contribution in [2.75, 3.05) is 5.32 Å². The van der Waals surface area contributed by atoms with Crippen molar-refractivity contribution in [3.8, 4) is 0 Å². The number of benzene rings is 4. The van der Waals surface area contributed by atoms with E-state index in [0.717, 1.165) is 16.3 Å². The van der Waals surface area contributed by atoms with Gasteiger partial charge in [0.15, 0.2) is 0 Å². The van der Waals surface area contributed by atoms with Crippen molar-refractivity contribution in [2.24, 2.45) is 0 Å². The van der Waals surface area contributed by atoms with Gasteiger partial charge in [-0.1, -0.05) is 48.5 Å². The van der Waals surface area contributed by atoms with Crippen molar-refractivity contribution in [1.29, 1.82) is 0 Å². The second kappa shape index (κ2) is 6.60. The van der Waals surface area contributed by atoms with Crippen LogP contribution in [0.5, 0.6) is 0 Å². The summed E-state index contributed by atoms with van der Waals surface area (Å²) in [5.41, 5.74) is 3.02. The van der Waals surface area contributed by atoms with Gasteiger partial charge in [-0.05, 0) is 47.5 Å². The van der Waals surface area contributed by atoms with E-state index in [2.05, 4.69) is 5.32 Å². The van der Waals surface area contributed by atoms with Gasteiger partial charge in [0.1, 0.15) is 11.2 Å². The summed E-state index contributed by atoms with van der Waals surface area (Å²) in [6.45, 7) is 1.91. The SMILES string of the molecule is Cc1cccc2c(=O)c3ccc(NC(=O)c4cccc5ccccc45)cc3oc12. The Morgan fingerprint density at radius 2 is 1.59 bits per heavy atom. The van der Waals surface area contributed by atoms with Crippen LogP contribution in [0.3, 0.4) is 0 Å². The van der Waals surface area contributed by atoms with Gasteiger partial charge in [0.25, 0.3) is 5.91 Å². The summed E-state index contributed by atoms with van der Waals surface area (Å²) in [7, 11) is 0. The predicted molar refractivity (Wildman–Crippen MR) is 117 cm³/mol. The fourth-order valence-electron chi connectivity index (χ4n) is 3.72. The molecule has 5 aromatic rings. The number of aryl methyl sites for hydroxylation is 1. The van der Waals surface area contributed by atoms with E-state index in [-0.39, 0.29) is 11.3 Å². The number of nitrogens with one attached hydrogen (secondary N) is 1. The molecule has 0 aliphatic rings. The number of rotatable bonds is 2. The molecular formula is C25H17NO3. The van der Waals surface area contributed by atoms with Gasteiger partial charge < -0.3 is 9.73 Å². The first kappa shape index (κ1) is 17.2. The first-order valence-electron chi connectivity index (χ1n) is 9.37. The van der Waals surface area contributed by atoms with E-state index in [1.165, 1.54) is 0 Å². The maximum absolute atomic E-state index is 12.9. The standard InChI is InChI=1S/C25H17NO3/c1-15-6-4-11-21-23(27)20-13-12-17(14-22(20)29-24(15)21)26-25(28)19-10-5-8-16-7-2-3-9-18(16)19/h2-14H,1H3,(H,26,28). The van der Waals surface area contributed by atoms with Gasteiger partial charge in [-0.25, -0.2) is 0 Å². The number of hydrogen-bond donors (Lipinski definition) is 1. The fraction of sp³-hybridized carbons (Fsp3) is 0.0400. The molecule has 0 unspecified atom stereocenters. The van der Waals surface area contributed by atoms with Crippen LogP contribution in [-0.4, -0.2) is 5.91 Å². The van der Waals surface area contributed by atoms with Gasteiger partial charge in [-0.2, -0.15) is 0 Å². The molecule has 0 bridgehead atoms. The van der Waals surface area contributed by atoms with Crippen LogP contribution in [-0.2, 0) is 0 Å². The van der Waals surface area contributed by atoms with Gasteiger partial charge in [0.05, 0.1) is 10.8 Å². The Morgan fingerprint density at radius 3 is 2.48 bits per heavy atom. The van der Waals surface area contributed by atoms with Gasteiger partial charge in [-0.3, -0.25) is 9.59 Å². The van der Waals surface area contributed by atoms with E-state index in [0.29, 0.717) is 33.2 Å². The van der Waals surface area contributed by atoms with Crippen LogP contribution < -0.4 is 10.7 Å². The van der Waals surface area contributed by atoms with Crippen LogP contribution in [0.2, 0.25) is 0 Å². The highest BCUT2D eigenvalue weighted by Gasteiger charge is 2.13. The fourth-order valence-corrected chi connectivity index (χ4v) is 3.72. The number of carbonyl (C=O) groups excluding carboxylic acids is 1. The van der Waals surface area contributed by atoms with Gasteiger partial charge in [0.2, 0.25) is 5.43 Å². The summed E-state index contributed by atoms with van der Waals surface area (Å²) in [4.78, 5) is 25.7. The largest absolute Gasteiger partial charge is 0.455 e. The van der Waals surface area contributed by atoms with Crippen molar-refractivity contribution in [2.45, 2.75) is 6.92 Å². The molecular weight excluding hydrogens is 362 g/mol. The van der Waals surface area contributed by atoms with Crippen molar-refractivity contribution < 1.29 is 9.21 Å². The molecule has 0 aliphatic carbocycles. The first-order chi connectivity index (χ1) is 14.1. The lowest BCUT2D eigenvalue weighted by Gasteiger charge is -2.09. The maximum atomic E-state index is 12.9. The Balaban J connectivity index is 1.58. The molecule has 0 saturated heterocycles. The molecule has 0 atom stereocenters. The molecule has 1 heterocycles. The van der Waals surface area contributed by atoms with E-state index in [1.807, 2.05) is 55.5 Å². The molecule has 0 saturated carbocycles. The lowest BCUT2D eigenvalue weighted by molar-refractivity contribution is 0.102. The van der Waals surface area contributed by atoms with Crippen LogP contribution in [0.1, 0.15) is 15.9 Å². The van der Waals surface area contributed by atoms with E-state index in [4.69, 9.17) is 4.42 Å². The van der Waals surface area contributed by atoms with Crippen molar-refractivity contribution in [3.05, 3.63) is 100 Å². The van der Waals surface area contributed by atoms with Crippen LogP contribution in [0, 0.1) is 6.92 Å². The van der Waals surface area contributed by atoms with E-state index >= 15 is 0 Å². The first-order valence-corrected chi connectivity index (χ1v) is 9.37. The molecule has 4 nitrogen and oxygen atoms in total. The third-order valence-corrected chi connectivity index (χ3v) is 5.19. The summed E-state index contributed by atoms with van der Waals surface area (Å²) in [5, 5.41) is 5.87. The second-order valence-electron chi connectivity index (χ2n) is 7.07. The topological polar surface area (TPSA) is 59.3 Å². The Kier molecular flexibility index (Phi) is 3.91. The van der Waals surface area contributed by atoms with E-state index < -0.39 is 0 Å². The van der Waals surface area contributed by atoms with Gasteiger partial charge >= 0.3 is 0 Å². The molecule has 0 aliphatic heterocycles. The molecule has 4 aromatic carbocycles. The summed E-state index contributed by atoms with van der Waals surface area (Å²) < 4.78 is 6.00. The summed E-state index contributed by atoms with van der Waals surface area (Å²) in [6, 6.07) is 24.1. The third kappa shape index (κ3) is 2.86. The van der Waals surface area contributed by atoms with Crippen molar-refractivity contribution in [1.82, 2.24) is 0 Å². The molecule has 1 amide bonds. The number of hydrogen-bond acceptors (Lipinski definition) is 3. The molecule has 0 spiro atoms. The zero-order chi connectivity index (χ0) is 20.0. The Labute approximate surface area is 166 Å². The smallest absolute Gasteiger partial charge is 0.256 e. The molecule has 0 fully saturated rings. The number of carbonyl (C=O) groups is 1. The maximum Gasteiger partial charge on any atom is 0.256 e. The zero-order valence-corrected chi connectivity index (χ0v) is 15.7. The molecule has 29 heavy (non-hydrogen) atoms. The van der Waals surface area contributed by atoms with Crippen LogP contribution >= 0.6 is 0 Å². The Hall–Kier alpha value is -3.92. The Bertz CT molecular complexity index is 1480. The van der Waals surface area contributed by atoms with Crippen molar-refractivity contribution >= 4 is 44.3 Å². The van der Waals surface area contributed by atoms with Crippen LogP contribution in [0.15, 0.2) is 88.1 Å². The summed E-state index contributed by atoms with van der Waals surface area (Å²) in [6.07, 6.45) is 0. The average molecular weight is 379 g/mol. The van der Waals surface area contributed by atoms with E-state index in [1.54, 1.807) is 30.3 Å². The molecule has 4 heteroatoms. The predicted octanol–water partition coefficient (Wildman–Crippen LogP) is 5.66. The minimum Gasteiger partial charge on any atom is -0.455 e. The lowest BCUT2D eigenvalue weighted by atomic mass is 10.0. The number of anilines is 1. The van der Waals surface area contributed by atoms with Crippen LogP contribution in [0.25, 0.3) is 32.7 Å². The number of fused-ring (bicyclic) bond motifs is 3. The molecule has 0 radical (unpaired) electrons. The number of amides is 1. The minimum atomic E-state index is -0.208. The summed E-state index contributed by atoms with van der Waals surface area (Å²) >= 11 is 0. The number of para-hydroxylation sites is 1. The highest BCUT2D eigenvalue weighted by molar-refractivity contribution is 6.13. The summed E-state index contributed by atoms with van der Waals surface area (Å²) in [5.74, 6) is -0.208. The molecule has 5 rings (SSSR count). The van der Waals surface area contributed by atoms with Crippen molar-refractivity contribution in [3.63, 3.8) is 0 Å². The third-order valence-electron chi connectivity index (χ3n) is 5.19. The van der Waals surface area contributed by atoms with Gasteiger partial charge in [0, 0.05) is 17.3 Å².